The number of ether oxygens (including phenoxy) is 1. The van der Waals surface area contributed by atoms with Gasteiger partial charge in [0.05, 0.1) is 12.7 Å². The Bertz CT molecular complexity index is 156. The van der Waals surface area contributed by atoms with Gasteiger partial charge in [-0.15, -0.1) is 0 Å². The molecule has 70 valence electrons. The second-order valence-corrected chi connectivity index (χ2v) is 4.14. The van der Waals surface area contributed by atoms with Crippen LogP contribution in [0.3, 0.4) is 0 Å². The molecule has 2 saturated heterocycles. The van der Waals surface area contributed by atoms with Crippen LogP contribution in [0.15, 0.2) is 0 Å². The number of epoxide rings is 1. The Morgan fingerprint density at radius 3 is 2.75 bits per heavy atom. The van der Waals surface area contributed by atoms with E-state index in [1.54, 1.807) is 0 Å². The molecule has 2 aliphatic rings. The standard InChI is InChI=1S/C10H19NO/c1-3-9-5-4-8(2)11(9)6-10-7-12-10/h8-10H,3-7H2,1-2H3/t8?,9?,10-/m0/s1. The van der Waals surface area contributed by atoms with Crippen molar-refractivity contribution in [2.75, 3.05) is 13.2 Å². The quantitative estimate of drug-likeness (QED) is 0.597. The predicted molar refractivity (Wildman–Crippen MR) is 49.2 cm³/mol. The van der Waals surface area contributed by atoms with E-state index in [4.69, 9.17) is 4.74 Å². The van der Waals surface area contributed by atoms with Gasteiger partial charge in [0.1, 0.15) is 0 Å². The summed E-state index contributed by atoms with van der Waals surface area (Å²) in [5.74, 6) is 0. The van der Waals surface area contributed by atoms with Crippen LogP contribution in [0, 0.1) is 0 Å². The molecule has 2 heteroatoms. The van der Waals surface area contributed by atoms with E-state index < -0.39 is 0 Å². The fourth-order valence-corrected chi connectivity index (χ4v) is 2.30. The van der Waals surface area contributed by atoms with Crippen molar-refractivity contribution >= 4 is 0 Å². The maximum atomic E-state index is 5.27. The molecule has 12 heavy (non-hydrogen) atoms. The molecule has 2 fully saturated rings. The van der Waals surface area contributed by atoms with Gasteiger partial charge in [-0.05, 0) is 26.2 Å². The van der Waals surface area contributed by atoms with Gasteiger partial charge in [0, 0.05) is 18.6 Å². The average molecular weight is 169 g/mol. The van der Waals surface area contributed by atoms with Gasteiger partial charge in [0.15, 0.2) is 0 Å². The molecule has 3 atom stereocenters. The molecule has 0 aromatic rings. The van der Waals surface area contributed by atoms with Crippen LogP contribution in [0.1, 0.15) is 33.1 Å². The molecule has 0 spiro atoms. The minimum Gasteiger partial charge on any atom is -0.372 e. The molecule has 0 bridgehead atoms. The van der Waals surface area contributed by atoms with E-state index in [-0.39, 0.29) is 0 Å². The number of likely N-dealkylation sites (tertiary alicyclic amines) is 1. The molecule has 0 saturated carbocycles. The first-order valence-electron chi connectivity index (χ1n) is 5.18. The lowest BCUT2D eigenvalue weighted by Gasteiger charge is -2.26. The van der Waals surface area contributed by atoms with Crippen LogP contribution in [0.4, 0.5) is 0 Å². The molecule has 0 aromatic carbocycles. The van der Waals surface area contributed by atoms with Crippen molar-refractivity contribution in [1.82, 2.24) is 4.90 Å². The van der Waals surface area contributed by atoms with Gasteiger partial charge in [-0.1, -0.05) is 6.92 Å². The minimum atomic E-state index is 0.569. The molecule has 2 nitrogen and oxygen atoms in total. The van der Waals surface area contributed by atoms with Crippen molar-refractivity contribution in [1.29, 1.82) is 0 Å². The highest BCUT2D eigenvalue weighted by atomic mass is 16.6. The van der Waals surface area contributed by atoms with Gasteiger partial charge >= 0.3 is 0 Å². The fourth-order valence-electron chi connectivity index (χ4n) is 2.30. The van der Waals surface area contributed by atoms with E-state index >= 15 is 0 Å². The molecule has 2 aliphatic heterocycles. The zero-order valence-corrected chi connectivity index (χ0v) is 8.12. The Hall–Kier alpha value is -0.0800. The zero-order valence-electron chi connectivity index (χ0n) is 8.12. The van der Waals surface area contributed by atoms with Crippen molar-refractivity contribution < 1.29 is 4.74 Å². The van der Waals surface area contributed by atoms with Gasteiger partial charge < -0.3 is 4.74 Å². The minimum absolute atomic E-state index is 0.569. The third kappa shape index (κ3) is 1.64. The van der Waals surface area contributed by atoms with Crippen molar-refractivity contribution in [2.45, 2.75) is 51.3 Å². The summed E-state index contributed by atoms with van der Waals surface area (Å²) in [5.41, 5.74) is 0. The van der Waals surface area contributed by atoms with Crippen LogP contribution >= 0.6 is 0 Å². The average Bonchev–Trinajstić information content (AvgIpc) is 2.80. The van der Waals surface area contributed by atoms with E-state index in [0.717, 1.165) is 18.7 Å². The van der Waals surface area contributed by atoms with Gasteiger partial charge in [0.25, 0.3) is 0 Å². The van der Waals surface area contributed by atoms with Crippen LogP contribution in [0.5, 0.6) is 0 Å². The zero-order chi connectivity index (χ0) is 8.55. The highest BCUT2D eigenvalue weighted by Gasteiger charge is 2.34. The van der Waals surface area contributed by atoms with Gasteiger partial charge in [-0.25, -0.2) is 0 Å². The van der Waals surface area contributed by atoms with E-state index in [1.165, 1.54) is 25.8 Å². The number of hydrogen-bond acceptors (Lipinski definition) is 2. The molecular formula is C10H19NO. The monoisotopic (exact) mass is 169 g/mol. The lowest BCUT2D eigenvalue weighted by molar-refractivity contribution is 0.179. The molecular weight excluding hydrogens is 150 g/mol. The summed E-state index contributed by atoms with van der Waals surface area (Å²) in [6.45, 7) is 6.82. The Balaban J connectivity index is 1.88. The largest absolute Gasteiger partial charge is 0.372 e. The van der Waals surface area contributed by atoms with Crippen LogP contribution in [0.2, 0.25) is 0 Å². The summed E-state index contributed by atoms with van der Waals surface area (Å²) in [7, 11) is 0. The maximum Gasteiger partial charge on any atom is 0.0936 e. The summed E-state index contributed by atoms with van der Waals surface area (Å²) >= 11 is 0. The highest BCUT2D eigenvalue weighted by molar-refractivity contribution is 4.88. The highest BCUT2D eigenvalue weighted by Crippen LogP contribution is 2.27. The molecule has 0 radical (unpaired) electrons. The maximum absolute atomic E-state index is 5.27. The first-order chi connectivity index (χ1) is 5.81. The summed E-state index contributed by atoms with van der Waals surface area (Å²) in [5, 5.41) is 0. The molecule has 0 aromatic heterocycles. The molecule has 2 unspecified atom stereocenters. The van der Waals surface area contributed by atoms with E-state index in [2.05, 4.69) is 18.7 Å². The number of nitrogens with zero attached hydrogens (tertiary/aromatic N) is 1. The van der Waals surface area contributed by atoms with Crippen molar-refractivity contribution in [3.63, 3.8) is 0 Å². The predicted octanol–water partition coefficient (Wildman–Crippen LogP) is 1.65. The fraction of sp³-hybridized carbons (Fsp3) is 1.00. The summed E-state index contributed by atoms with van der Waals surface area (Å²) in [4.78, 5) is 2.64. The van der Waals surface area contributed by atoms with E-state index in [1.807, 2.05) is 0 Å². The third-order valence-electron chi connectivity index (χ3n) is 3.24. The molecule has 2 heterocycles. The first-order valence-corrected chi connectivity index (χ1v) is 5.18. The number of rotatable bonds is 3. The first kappa shape index (κ1) is 8.52. The molecule has 2 rings (SSSR count). The smallest absolute Gasteiger partial charge is 0.0936 e. The van der Waals surface area contributed by atoms with Gasteiger partial charge in [0.2, 0.25) is 0 Å². The third-order valence-corrected chi connectivity index (χ3v) is 3.24. The second-order valence-electron chi connectivity index (χ2n) is 4.14. The Kier molecular flexibility index (Phi) is 2.37. The van der Waals surface area contributed by atoms with Gasteiger partial charge in [-0.3, -0.25) is 4.90 Å². The van der Waals surface area contributed by atoms with Crippen LogP contribution in [0.25, 0.3) is 0 Å². The van der Waals surface area contributed by atoms with Gasteiger partial charge in [-0.2, -0.15) is 0 Å². The Morgan fingerprint density at radius 2 is 2.17 bits per heavy atom. The number of hydrogen-bond donors (Lipinski definition) is 0. The van der Waals surface area contributed by atoms with Crippen LogP contribution in [-0.4, -0.2) is 36.2 Å². The molecule has 0 amide bonds. The Labute approximate surface area is 74.9 Å². The molecule has 0 aliphatic carbocycles. The topological polar surface area (TPSA) is 15.8 Å². The molecule has 0 N–H and O–H groups in total. The summed E-state index contributed by atoms with van der Waals surface area (Å²) in [6.07, 6.45) is 4.65. The summed E-state index contributed by atoms with van der Waals surface area (Å²) < 4.78 is 5.27. The normalized spacial score (nSPS) is 42.0. The van der Waals surface area contributed by atoms with Crippen LogP contribution < -0.4 is 0 Å². The second kappa shape index (κ2) is 3.35. The van der Waals surface area contributed by atoms with E-state index in [0.29, 0.717) is 6.10 Å². The van der Waals surface area contributed by atoms with Crippen LogP contribution in [-0.2, 0) is 4.74 Å². The summed E-state index contributed by atoms with van der Waals surface area (Å²) in [6, 6.07) is 1.63. The lowest BCUT2D eigenvalue weighted by atomic mass is 10.1. The van der Waals surface area contributed by atoms with Crippen molar-refractivity contribution in [3.05, 3.63) is 0 Å². The van der Waals surface area contributed by atoms with Crippen molar-refractivity contribution in [2.24, 2.45) is 0 Å². The Morgan fingerprint density at radius 1 is 1.42 bits per heavy atom. The van der Waals surface area contributed by atoms with Crippen molar-refractivity contribution in [3.8, 4) is 0 Å². The lowest BCUT2D eigenvalue weighted by Crippen LogP contribution is -2.37. The van der Waals surface area contributed by atoms with E-state index in [9.17, 15) is 0 Å². The SMILES string of the molecule is CCC1CCC(C)N1C[C@H]1CO1.